The van der Waals surface area contributed by atoms with Crippen LogP contribution in [0.1, 0.15) is 31.2 Å². The van der Waals surface area contributed by atoms with Crippen LogP contribution in [0.4, 0.5) is 13.2 Å². The zero-order valence-electron chi connectivity index (χ0n) is 15.1. The Bertz CT molecular complexity index is 634. The van der Waals surface area contributed by atoms with Crippen molar-refractivity contribution in [2.24, 2.45) is 5.92 Å². The molecule has 146 valence electrons. The third-order valence-electron chi connectivity index (χ3n) is 4.64. The summed E-state index contributed by atoms with van der Waals surface area (Å²) in [5.41, 5.74) is 0.575. The molecule has 8 heteroatoms. The molecule has 1 saturated carbocycles. The zero-order chi connectivity index (χ0) is 19.3. The number of carbonyl (C=O) groups is 1. The van der Waals surface area contributed by atoms with Crippen LogP contribution in [0.2, 0.25) is 0 Å². The van der Waals surface area contributed by atoms with Crippen molar-refractivity contribution in [2.45, 2.75) is 44.3 Å². The van der Waals surface area contributed by atoms with Crippen molar-refractivity contribution in [1.82, 2.24) is 5.32 Å². The van der Waals surface area contributed by atoms with Crippen LogP contribution in [0.5, 0.6) is 17.2 Å². The van der Waals surface area contributed by atoms with Gasteiger partial charge in [0, 0.05) is 11.6 Å². The van der Waals surface area contributed by atoms with E-state index in [1.165, 1.54) is 21.3 Å². The van der Waals surface area contributed by atoms with E-state index >= 15 is 0 Å². The third kappa shape index (κ3) is 4.74. The van der Waals surface area contributed by atoms with Gasteiger partial charge in [0.1, 0.15) is 0 Å². The first-order valence-corrected chi connectivity index (χ1v) is 8.44. The van der Waals surface area contributed by atoms with Crippen molar-refractivity contribution < 1.29 is 32.2 Å². The number of methoxy groups -OCH3 is 3. The predicted molar refractivity (Wildman–Crippen MR) is 89.7 cm³/mol. The molecule has 26 heavy (non-hydrogen) atoms. The molecule has 1 aliphatic rings. The highest BCUT2D eigenvalue weighted by atomic mass is 19.4. The summed E-state index contributed by atoms with van der Waals surface area (Å²) in [4.78, 5) is 12.3. The summed E-state index contributed by atoms with van der Waals surface area (Å²) in [5.74, 6) is -0.483. The minimum atomic E-state index is -4.21. The number of rotatable bonds is 6. The summed E-state index contributed by atoms with van der Waals surface area (Å²) in [6.07, 6.45) is -3.17. The fourth-order valence-electron chi connectivity index (χ4n) is 3.37. The number of nitrogens with one attached hydrogen (secondary N) is 1. The molecular formula is C18H24F3NO4. The van der Waals surface area contributed by atoms with E-state index in [4.69, 9.17) is 14.2 Å². The molecule has 0 unspecified atom stereocenters. The second-order valence-corrected chi connectivity index (χ2v) is 6.34. The second kappa shape index (κ2) is 8.51. The number of carbonyl (C=O) groups excluding carboxylic acids is 1. The molecular weight excluding hydrogens is 351 g/mol. The van der Waals surface area contributed by atoms with Gasteiger partial charge in [-0.15, -0.1) is 0 Å². The maximum absolute atomic E-state index is 12.9. The maximum Gasteiger partial charge on any atom is 0.391 e. The van der Waals surface area contributed by atoms with Crippen LogP contribution in [-0.4, -0.2) is 39.5 Å². The highest BCUT2D eigenvalue weighted by Crippen LogP contribution is 2.40. The summed E-state index contributed by atoms with van der Waals surface area (Å²) in [7, 11) is 4.40. The van der Waals surface area contributed by atoms with Gasteiger partial charge < -0.3 is 19.5 Å². The molecule has 5 nitrogen and oxygen atoms in total. The number of benzene rings is 1. The molecule has 1 aliphatic carbocycles. The van der Waals surface area contributed by atoms with Gasteiger partial charge in [0.2, 0.25) is 11.7 Å². The van der Waals surface area contributed by atoms with Gasteiger partial charge in [-0.25, -0.2) is 0 Å². The van der Waals surface area contributed by atoms with Crippen LogP contribution >= 0.6 is 0 Å². The van der Waals surface area contributed by atoms with Crippen molar-refractivity contribution in [2.75, 3.05) is 21.3 Å². The van der Waals surface area contributed by atoms with Gasteiger partial charge >= 0.3 is 6.18 Å². The number of hydrogen-bond acceptors (Lipinski definition) is 4. The van der Waals surface area contributed by atoms with Gasteiger partial charge in [-0.2, -0.15) is 13.2 Å². The average Bonchev–Trinajstić information content (AvgIpc) is 2.60. The van der Waals surface area contributed by atoms with Gasteiger partial charge in [0.15, 0.2) is 11.5 Å². The van der Waals surface area contributed by atoms with E-state index < -0.39 is 18.1 Å². The smallest absolute Gasteiger partial charge is 0.391 e. The summed E-state index contributed by atoms with van der Waals surface area (Å²) < 4.78 is 54.5. The highest BCUT2D eigenvalue weighted by Gasteiger charge is 2.42. The van der Waals surface area contributed by atoms with E-state index in [2.05, 4.69) is 5.32 Å². The number of amides is 1. The largest absolute Gasteiger partial charge is 0.493 e. The Morgan fingerprint density at radius 2 is 1.81 bits per heavy atom. The van der Waals surface area contributed by atoms with E-state index in [9.17, 15) is 18.0 Å². The van der Waals surface area contributed by atoms with Crippen molar-refractivity contribution in [3.05, 3.63) is 17.7 Å². The van der Waals surface area contributed by atoms with E-state index in [0.717, 1.165) is 0 Å². The van der Waals surface area contributed by atoms with Gasteiger partial charge in [-0.1, -0.05) is 12.5 Å². The van der Waals surface area contributed by atoms with Crippen molar-refractivity contribution in [3.8, 4) is 17.2 Å². The SMILES string of the molecule is COc1ccc(CC(=O)N[C@H]2CCC[C@@H](C(F)(F)F)C2)c(OC)c1OC. The summed E-state index contributed by atoms with van der Waals surface area (Å²) >= 11 is 0. The molecule has 0 heterocycles. The van der Waals surface area contributed by atoms with Crippen molar-refractivity contribution >= 4 is 5.91 Å². The van der Waals surface area contributed by atoms with Crippen molar-refractivity contribution in [3.63, 3.8) is 0 Å². The molecule has 0 aromatic heterocycles. The van der Waals surface area contributed by atoms with Crippen LogP contribution in [0, 0.1) is 5.92 Å². The van der Waals surface area contributed by atoms with E-state index in [-0.39, 0.29) is 25.2 Å². The molecule has 2 atom stereocenters. The summed E-state index contributed by atoms with van der Waals surface area (Å²) in [5, 5.41) is 2.72. The molecule has 1 fully saturated rings. The minimum Gasteiger partial charge on any atom is -0.493 e. The summed E-state index contributed by atoms with van der Waals surface area (Å²) in [6, 6.07) is 2.87. The lowest BCUT2D eigenvalue weighted by Gasteiger charge is -2.31. The molecule has 1 amide bonds. The average molecular weight is 375 g/mol. The second-order valence-electron chi connectivity index (χ2n) is 6.34. The number of halogens is 3. The normalized spacial score (nSPS) is 20.4. The molecule has 0 bridgehead atoms. The van der Waals surface area contributed by atoms with Gasteiger partial charge in [0.05, 0.1) is 33.7 Å². The molecule has 0 saturated heterocycles. The Morgan fingerprint density at radius 1 is 1.12 bits per heavy atom. The number of ether oxygens (including phenoxy) is 3. The molecule has 0 spiro atoms. The van der Waals surface area contributed by atoms with Crippen LogP contribution in [-0.2, 0) is 11.2 Å². The topological polar surface area (TPSA) is 56.8 Å². The molecule has 2 rings (SSSR count). The van der Waals surface area contributed by atoms with Gasteiger partial charge in [-0.05, 0) is 25.3 Å². The van der Waals surface area contributed by atoms with Gasteiger partial charge in [-0.3, -0.25) is 4.79 Å². The van der Waals surface area contributed by atoms with Crippen LogP contribution in [0.3, 0.4) is 0 Å². The predicted octanol–water partition coefficient (Wildman–Crippen LogP) is 3.49. The first-order chi connectivity index (χ1) is 12.3. The monoisotopic (exact) mass is 375 g/mol. The highest BCUT2D eigenvalue weighted by molar-refractivity contribution is 5.80. The molecule has 0 aliphatic heterocycles. The molecule has 1 N–H and O–H groups in total. The number of alkyl halides is 3. The fraction of sp³-hybridized carbons (Fsp3) is 0.611. The quantitative estimate of drug-likeness (QED) is 0.827. The van der Waals surface area contributed by atoms with Gasteiger partial charge in [0.25, 0.3) is 0 Å². The Hall–Kier alpha value is -2.12. The number of hydrogen-bond donors (Lipinski definition) is 1. The van der Waals surface area contributed by atoms with Crippen molar-refractivity contribution in [1.29, 1.82) is 0 Å². The third-order valence-corrected chi connectivity index (χ3v) is 4.64. The molecule has 1 aromatic rings. The van der Waals surface area contributed by atoms with E-state index in [0.29, 0.717) is 35.7 Å². The van der Waals surface area contributed by atoms with Crippen LogP contribution in [0.25, 0.3) is 0 Å². The standard InChI is InChI=1S/C18H24F3NO4/c1-24-14-8-7-11(16(25-2)17(14)26-3)9-15(23)22-13-6-4-5-12(10-13)18(19,20)21/h7-8,12-13H,4-6,9-10H2,1-3H3,(H,22,23)/t12-,13+/m1/s1. The molecule has 1 aromatic carbocycles. The molecule has 0 radical (unpaired) electrons. The lowest BCUT2D eigenvalue weighted by molar-refractivity contribution is -0.184. The van der Waals surface area contributed by atoms with E-state index in [1.807, 2.05) is 0 Å². The lowest BCUT2D eigenvalue weighted by Crippen LogP contribution is -2.42. The Morgan fingerprint density at radius 3 is 2.38 bits per heavy atom. The Balaban J connectivity index is 2.06. The first-order valence-electron chi connectivity index (χ1n) is 8.44. The Kier molecular flexibility index (Phi) is 6.61. The first kappa shape index (κ1) is 20.2. The van der Waals surface area contributed by atoms with E-state index in [1.54, 1.807) is 12.1 Å². The maximum atomic E-state index is 12.9. The van der Waals surface area contributed by atoms with Crippen LogP contribution in [0.15, 0.2) is 12.1 Å². The Labute approximate surface area is 150 Å². The fourth-order valence-corrected chi connectivity index (χ4v) is 3.37. The lowest BCUT2D eigenvalue weighted by atomic mass is 9.85. The minimum absolute atomic E-state index is 0.0172. The van der Waals surface area contributed by atoms with Crippen LogP contribution < -0.4 is 19.5 Å². The summed E-state index contributed by atoms with van der Waals surface area (Å²) in [6.45, 7) is 0. The zero-order valence-corrected chi connectivity index (χ0v) is 15.1.